The maximum Gasteiger partial charge on any atom is 0.407 e. The van der Waals surface area contributed by atoms with Crippen LogP contribution in [0.2, 0.25) is 0 Å². The highest BCUT2D eigenvalue weighted by molar-refractivity contribution is 5.88. The number of carbonyl (C=O) groups excluding carboxylic acids is 4. The number of nitrogens with zero attached hydrogens (tertiary/aromatic N) is 4. The van der Waals surface area contributed by atoms with Crippen LogP contribution in [0.15, 0.2) is 91.3 Å². The van der Waals surface area contributed by atoms with Gasteiger partial charge in [-0.2, -0.15) is 0 Å². The van der Waals surface area contributed by atoms with Gasteiger partial charge in [0.2, 0.25) is 5.91 Å². The van der Waals surface area contributed by atoms with Crippen LogP contribution in [0.3, 0.4) is 0 Å². The van der Waals surface area contributed by atoms with Gasteiger partial charge in [0, 0.05) is 12.6 Å². The molecule has 3 fully saturated rings. The normalized spacial score (nSPS) is 20.8. The number of H-pyrrole nitrogens is 2. The Labute approximate surface area is 349 Å². The number of fused-ring (bicyclic) bond motifs is 1. The third-order valence-corrected chi connectivity index (χ3v) is 12.4. The van der Waals surface area contributed by atoms with Gasteiger partial charge in [-0.1, -0.05) is 99.1 Å². The summed E-state index contributed by atoms with van der Waals surface area (Å²) in [7, 11) is 2.59. The molecule has 1 aliphatic carbocycles. The zero-order valence-corrected chi connectivity index (χ0v) is 34.4. The van der Waals surface area contributed by atoms with Gasteiger partial charge in [-0.05, 0) is 71.8 Å². The predicted octanol–water partition coefficient (Wildman–Crippen LogP) is 7.72. The van der Waals surface area contributed by atoms with Crippen LogP contribution in [0.5, 0.6) is 0 Å². The van der Waals surface area contributed by atoms with Crippen molar-refractivity contribution in [1.29, 1.82) is 0 Å². The minimum atomic E-state index is -0.879. The zero-order chi connectivity index (χ0) is 41.9. The standard InChI is InChI=1S/C46H52N8O6/c1-27(2)39(51-45(57)59-3)43(55)53-23-9-14-37(53)41-47-25-34(49-41)30-19-15-28(16-20-30)29-17-21-31(22-18-29)35-26-48-42(50-35)38-24-33-12-8-13-36(33)54(38)44(56)40(52-46(58)60-4)32-10-6-5-7-11-32/h5-7,10-11,15-22,25-27,33,36-40H,8-9,12-14,23-24H2,1-4H3,(H,47,49)(H,48,50)(H,51,57)(H,52,58)/t33?,36-,37+,38+,39+,40-/m1/s1. The number of benzene rings is 3. The summed E-state index contributed by atoms with van der Waals surface area (Å²) in [6.45, 7) is 4.40. The Kier molecular flexibility index (Phi) is 11.7. The van der Waals surface area contributed by atoms with E-state index in [0.29, 0.717) is 18.0 Å². The molecule has 4 N–H and O–H groups in total. The van der Waals surface area contributed by atoms with Crippen molar-refractivity contribution in [2.75, 3.05) is 20.8 Å². The van der Waals surface area contributed by atoms with Gasteiger partial charge >= 0.3 is 12.2 Å². The minimum absolute atomic E-state index is 0.0804. The average molecular weight is 813 g/mol. The Balaban J connectivity index is 0.951. The molecule has 2 saturated heterocycles. The Bertz CT molecular complexity index is 2310. The molecule has 2 aromatic heterocycles. The second-order valence-corrected chi connectivity index (χ2v) is 16.3. The first-order valence-electron chi connectivity index (χ1n) is 20.8. The predicted molar refractivity (Wildman–Crippen MR) is 225 cm³/mol. The summed E-state index contributed by atoms with van der Waals surface area (Å²) >= 11 is 0. The highest BCUT2D eigenvalue weighted by atomic mass is 16.5. The Morgan fingerprint density at radius 1 is 0.683 bits per heavy atom. The molecule has 1 saturated carbocycles. The summed E-state index contributed by atoms with van der Waals surface area (Å²) in [6, 6.07) is 23.9. The molecule has 8 rings (SSSR count). The van der Waals surface area contributed by atoms with Gasteiger partial charge in [0.15, 0.2) is 0 Å². The number of likely N-dealkylation sites (tertiary alicyclic amines) is 2. The van der Waals surface area contributed by atoms with Gasteiger partial charge in [-0.15, -0.1) is 0 Å². The van der Waals surface area contributed by atoms with E-state index in [0.717, 1.165) is 83.8 Å². The largest absolute Gasteiger partial charge is 0.453 e. The molecular weight excluding hydrogens is 761 g/mol. The molecule has 6 atom stereocenters. The van der Waals surface area contributed by atoms with Crippen LogP contribution < -0.4 is 10.6 Å². The SMILES string of the molecule is COC(=O)N[C@H](C(=O)N1CCC[C@H]1c1ncc(-c2ccc(-c3ccc(-c4cnc([C@@H]5CC6CCC[C@H]6N5C(=O)[C@H](NC(=O)OC)c5ccccc5)[nH]4)cc3)cc2)[nH]1)C(C)C. The van der Waals surface area contributed by atoms with E-state index in [1.807, 2.05) is 60.2 Å². The summed E-state index contributed by atoms with van der Waals surface area (Å²) in [5.41, 5.74) is 6.48. The fraction of sp³-hybridized carbons (Fsp3) is 0.391. The molecule has 3 aliphatic rings. The van der Waals surface area contributed by atoms with Crippen molar-refractivity contribution in [3.05, 3.63) is 108 Å². The van der Waals surface area contributed by atoms with Gasteiger partial charge < -0.3 is 39.9 Å². The molecule has 5 aromatic rings. The van der Waals surface area contributed by atoms with Gasteiger partial charge in [0.05, 0.1) is 50.1 Å². The van der Waals surface area contributed by atoms with E-state index in [1.54, 1.807) is 6.20 Å². The number of rotatable bonds is 11. The number of aromatic nitrogens is 4. The summed E-state index contributed by atoms with van der Waals surface area (Å²) in [5.74, 6) is 1.42. The topological polar surface area (TPSA) is 175 Å². The van der Waals surface area contributed by atoms with E-state index in [-0.39, 0.29) is 35.9 Å². The van der Waals surface area contributed by atoms with E-state index < -0.39 is 24.3 Å². The van der Waals surface area contributed by atoms with Crippen LogP contribution >= 0.6 is 0 Å². The third-order valence-electron chi connectivity index (χ3n) is 12.4. The number of amides is 4. The number of hydrogen-bond donors (Lipinski definition) is 4. The van der Waals surface area contributed by atoms with Gasteiger partial charge in [-0.3, -0.25) is 9.59 Å². The van der Waals surface area contributed by atoms with Crippen LogP contribution in [-0.2, 0) is 19.1 Å². The van der Waals surface area contributed by atoms with Crippen molar-refractivity contribution < 1.29 is 28.7 Å². The Hall–Kier alpha value is -6.44. The quantitative estimate of drug-likeness (QED) is 0.105. The number of methoxy groups -OCH3 is 2. The summed E-state index contributed by atoms with van der Waals surface area (Å²) < 4.78 is 9.67. The molecule has 14 heteroatoms. The molecule has 2 aliphatic heterocycles. The first-order valence-corrected chi connectivity index (χ1v) is 20.8. The van der Waals surface area contributed by atoms with Crippen LogP contribution in [0, 0.1) is 11.8 Å². The van der Waals surface area contributed by atoms with E-state index >= 15 is 0 Å². The van der Waals surface area contributed by atoms with Crippen LogP contribution in [0.25, 0.3) is 33.6 Å². The minimum Gasteiger partial charge on any atom is -0.453 e. The lowest BCUT2D eigenvalue weighted by molar-refractivity contribution is -0.137. The first-order chi connectivity index (χ1) is 29.1. The highest BCUT2D eigenvalue weighted by Gasteiger charge is 2.49. The number of hydrogen-bond acceptors (Lipinski definition) is 8. The first kappa shape index (κ1) is 40.3. The average Bonchev–Trinajstić information content (AvgIpc) is 4.13. The maximum absolute atomic E-state index is 14.4. The molecule has 0 radical (unpaired) electrons. The molecular formula is C46H52N8O6. The van der Waals surface area contributed by atoms with Crippen molar-refractivity contribution >= 4 is 24.0 Å². The monoisotopic (exact) mass is 812 g/mol. The van der Waals surface area contributed by atoms with Gasteiger partial charge in [0.25, 0.3) is 5.91 Å². The molecule has 14 nitrogen and oxygen atoms in total. The smallest absolute Gasteiger partial charge is 0.407 e. The van der Waals surface area contributed by atoms with Crippen LogP contribution in [0.4, 0.5) is 9.59 Å². The second-order valence-electron chi connectivity index (χ2n) is 16.3. The van der Waals surface area contributed by atoms with Crippen molar-refractivity contribution in [1.82, 2.24) is 40.4 Å². The fourth-order valence-electron chi connectivity index (χ4n) is 9.29. The molecule has 0 bridgehead atoms. The summed E-state index contributed by atoms with van der Waals surface area (Å²) in [6.07, 6.45) is 7.84. The van der Waals surface area contributed by atoms with Crippen molar-refractivity contribution in [3.8, 4) is 33.6 Å². The summed E-state index contributed by atoms with van der Waals surface area (Å²) in [4.78, 5) is 72.7. The molecule has 0 spiro atoms. The number of nitrogens with one attached hydrogen (secondary N) is 4. The highest BCUT2D eigenvalue weighted by Crippen LogP contribution is 2.48. The fourth-order valence-corrected chi connectivity index (χ4v) is 9.29. The molecule has 3 aromatic carbocycles. The molecule has 4 heterocycles. The van der Waals surface area contributed by atoms with E-state index in [4.69, 9.17) is 14.5 Å². The lowest BCUT2D eigenvalue weighted by Gasteiger charge is -2.32. The summed E-state index contributed by atoms with van der Waals surface area (Å²) in [5, 5.41) is 5.49. The number of aromatic amines is 2. The Morgan fingerprint density at radius 2 is 1.25 bits per heavy atom. The third kappa shape index (κ3) is 8.10. The molecule has 60 heavy (non-hydrogen) atoms. The number of carbonyl (C=O) groups is 4. The van der Waals surface area contributed by atoms with Crippen molar-refractivity contribution in [3.63, 3.8) is 0 Å². The Morgan fingerprint density at radius 3 is 1.83 bits per heavy atom. The lowest BCUT2D eigenvalue weighted by Crippen LogP contribution is -2.51. The van der Waals surface area contributed by atoms with Crippen molar-refractivity contribution in [2.24, 2.45) is 11.8 Å². The van der Waals surface area contributed by atoms with Crippen molar-refractivity contribution in [2.45, 2.75) is 82.6 Å². The van der Waals surface area contributed by atoms with Crippen LogP contribution in [-0.4, -0.2) is 86.6 Å². The van der Waals surface area contributed by atoms with E-state index in [2.05, 4.69) is 74.1 Å². The maximum atomic E-state index is 14.4. The molecule has 4 amide bonds. The van der Waals surface area contributed by atoms with E-state index in [9.17, 15) is 19.2 Å². The number of imidazole rings is 2. The van der Waals surface area contributed by atoms with Gasteiger partial charge in [0.1, 0.15) is 23.7 Å². The van der Waals surface area contributed by atoms with Gasteiger partial charge in [-0.25, -0.2) is 19.6 Å². The number of alkyl carbamates (subject to hydrolysis) is 2. The molecule has 312 valence electrons. The van der Waals surface area contributed by atoms with E-state index in [1.165, 1.54) is 14.2 Å². The zero-order valence-electron chi connectivity index (χ0n) is 34.4. The second kappa shape index (κ2) is 17.4. The number of ether oxygens (including phenoxy) is 2. The molecule has 1 unspecified atom stereocenters. The lowest BCUT2D eigenvalue weighted by atomic mass is 10.0. The van der Waals surface area contributed by atoms with Crippen LogP contribution in [0.1, 0.15) is 87.7 Å².